The van der Waals surface area contributed by atoms with Crippen molar-refractivity contribution in [2.24, 2.45) is 0 Å². The van der Waals surface area contributed by atoms with E-state index in [1.165, 1.54) is 11.8 Å². The first-order valence-electron chi connectivity index (χ1n) is 11.5. The zero-order valence-electron chi connectivity index (χ0n) is 20.3. The highest BCUT2D eigenvalue weighted by atomic mass is 32.2. The number of fused-ring (bicyclic) bond motifs is 1. The van der Waals surface area contributed by atoms with Crippen LogP contribution in [0.1, 0.15) is 52.6 Å². The standard InChI is InChI=1S/C28H29N3O3S/c1-5-35-27-22(10-7-13-29-27)26(33)30-20-9-6-8-18(14-20)25(32)16-24-23-15-21(34-4)12-11-19(23)17-28(2,3)31-24/h6-16,31H,5,17H2,1-4H3,(H,30,33)/b24-16-. The van der Waals surface area contributed by atoms with Gasteiger partial charge >= 0.3 is 0 Å². The number of hydrogen-bond donors (Lipinski definition) is 2. The first kappa shape index (κ1) is 24.5. The highest BCUT2D eigenvalue weighted by molar-refractivity contribution is 7.99. The van der Waals surface area contributed by atoms with E-state index >= 15 is 0 Å². The normalized spacial score (nSPS) is 15.1. The number of thioether (sulfide) groups is 1. The lowest BCUT2D eigenvalue weighted by atomic mass is 9.85. The summed E-state index contributed by atoms with van der Waals surface area (Å²) >= 11 is 1.52. The second-order valence-electron chi connectivity index (χ2n) is 8.96. The van der Waals surface area contributed by atoms with Gasteiger partial charge < -0.3 is 15.4 Å². The predicted molar refractivity (Wildman–Crippen MR) is 141 cm³/mol. The Kier molecular flexibility index (Phi) is 7.26. The maximum atomic E-state index is 13.3. The number of methoxy groups -OCH3 is 1. The summed E-state index contributed by atoms with van der Waals surface area (Å²) in [7, 11) is 1.63. The fourth-order valence-corrected chi connectivity index (χ4v) is 4.86. The van der Waals surface area contributed by atoms with E-state index in [1.54, 1.807) is 55.8 Å². The molecule has 1 aliphatic rings. The second kappa shape index (κ2) is 10.4. The van der Waals surface area contributed by atoms with Crippen molar-refractivity contribution in [2.75, 3.05) is 18.2 Å². The van der Waals surface area contributed by atoms with Crippen LogP contribution in [0.5, 0.6) is 5.75 Å². The first-order valence-corrected chi connectivity index (χ1v) is 12.5. The Morgan fingerprint density at radius 2 is 2.00 bits per heavy atom. The highest BCUT2D eigenvalue weighted by Crippen LogP contribution is 2.32. The third-order valence-electron chi connectivity index (χ3n) is 5.69. The summed E-state index contributed by atoms with van der Waals surface area (Å²) in [5, 5.41) is 7.08. The zero-order chi connectivity index (χ0) is 25.0. The summed E-state index contributed by atoms with van der Waals surface area (Å²) in [4.78, 5) is 30.5. The molecule has 2 heterocycles. The van der Waals surface area contributed by atoms with E-state index in [-0.39, 0.29) is 17.2 Å². The van der Waals surface area contributed by atoms with Gasteiger partial charge in [0.2, 0.25) is 0 Å². The van der Waals surface area contributed by atoms with E-state index in [1.807, 2.05) is 19.1 Å². The Balaban J connectivity index is 1.60. The maximum Gasteiger partial charge on any atom is 0.258 e. The predicted octanol–water partition coefficient (Wildman–Crippen LogP) is 5.60. The number of pyridine rings is 1. The molecule has 1 aromatic heterocycles. The molecule has 0 saturated heterocycles. The Morgan fingerprint density at radius 3 is 2.77 bits per heavy atom. The molecular formula is C28H29N3O3S. The number of nitrogens with zero attached hydrogens (tertiary/aromatic N) is 1. The SMILES string of the molecule is CCSc1ncccc1C(=O)Nc1cccc(C(=O)/C=C2\NC(C)(C)Cc3ccc(OC)cc32)c1. The van der Waals surface area contributed by atoms with Crippen LogP contribution in [0.2, 0.25) is 0 Å². The molecule has 0 fully saturated rings. The molecule has 4 rings (SSSR count). The van der Waals surface area contributed by atoms with Crippen LogP contribution in [0.3, 0.4) is 0 Å². The van der Waals surface area contributed by atoms with Gasteiger partial charge in [0.05, 0.1) is 12.7 Å². The van der Waals surface area contributed by atoms with Crippen molar-refractivity contribution in [2.45, 2.75) is 37.8 Å². The first-order chi connectivity index (χ1) is 16.8. The van der Waals surface area contributed by atoms with E-state index in [0.29, 0.717) is 21.8 Å². The molecule has 35 heavy (non-hydrogen) atoms. The molecule has 3 aromatic rings. The van der Waals surface area contributed by atoms with E-state index in [0.717, 1.165) is 34.7 Å². The molecule has 0 atom stereocenters. The zero-order valence-corrected chi connectivity index (χ0v) is 21.2. The fraction of sp³-hybridized carbons (Fsp3) is 0.250. The van der Waals surface area contributed by atoms with Crippen molar-refractivity contribution >= 4 is 34.8 Å². The van der Waals surface area contributed by atoms with Crippen LogP contribution in [0, 0.1) is 0 Å². The molecular weight excluding hydrogens is 458 g/mol. The van der Waals surface area contributed by atoms with Gasteiger partial charge in [0.1, 0.15) is 10.8 Å². The van der Waals surface area contributed by atoms with E-state index in [9.17, 15) is 9.59 Å². The van der Waals surface area contributed by atoms with E-state index in [2.05, 4.69) is 35.5 Å². The largest absolute Gasteiger partial charge is 0.497 e. The average Bonchev–Trinajstić information content (AvgIpc) is 2.84. The Labute approximate surface area is 210 Å². The number of hydrogen-bond acceptors (Lipinski definition) is 6. The third kappa shape index (κ3) is 5.74. The van der Waals surface area contributed by atoms with Crippen LogP contribution in [0.4, 0.5) is 5.69 Å². The molecule has 0 saturated carbocycles. The number of aromatic nitrogens is 1. The van der Waals surface area contributed by atoms with Gasteiger partial charge in [-0.3, -0.25) is 9.59 Å². The molecule has 2 N–H and O–H groups in total. The molecule has 180 valence electrons. The Morgan fingerprint density at radius 1 is 1.17 bits per heavy atom. The molecule has 0 aliphatic carbocycles. The van der Waals surface area contributed by atoms with Gasteiger partial charge in [0, 0.05) is 40.3 Å². The van der Waals surface area contributed by atoms with Crippen LogP contribution >= 0.6 is 11.8 Å². The highest BCUT2D eigenvalue weighted by Gasteiger charge is 2.28. The minimum atomic E-state index is -0.256. The molecule has 2 aromatic carbocycles. The van der Waals surface area contributed by atoms with Crippen molar-refractivity contribution in [1.29, 1.82) is 0 Å². The number of amides is 1. The lowest BCUT2D eigenvalue weighted by Gasteiger charge is -2.35. The van der Waals surface area contributed by atoms with Crippen molar-refractivity contribution in [3.63, 3.8) is 0 Å². The van der Waals surface area contributed by atoms with Crippen LogP contribution in [-0.4, -0.2) is 35.1 Å². The van der Waals surface area contributed by atoms with Gasteiger partial charge in [-0.1, -0.05) is 25.1 Å². The van der Waals surface area contributed by atoms with Crippen molar-refractivity contribution < 1.29 is 14.3 Å². The lowest BCUT2D eigenvalue weighted by Crippen LogP contribution is -2.43. The van der Waals surface area contributed by atoms with Crippen LogP contribution in [0.15, 0.2) is 71.9 Å². The minimum absolute atomic E-state index is 0.154. The minimum Gasteiger partial charge on any atom is -0.497 e. The molecule has 0 bridgehead atoms. The van der Waals surface area contributed by atoms with E-state index < -0.39 is 0 Å². The number of carbonyl (C=O) groups is 2. The summed E-state index contributed by atoms with van der Waals surface area (Å²) in [6.45, 7) is 6.23. The van der Waals surface area contributed by atoms with Gasteiger partial charge in [0.25, 0.3) is 5.91 Å². The monoisotopic (exact) mass is 487 g/mol. The maximum absolute atomic E-state index is 13.3. The molecule has 0 unspecified atom stereocenters. The summed E-state index contributed by atoms with van der Waals surface area (Å²) < 4.78 is 5.40. The Hall–Kier alpha value is -3.58. The van der Waals surface area contributed by atoms with Gasteiger partial charge in [0.15, 0.2) is 5.78 Å². The fourth-order valence-electron chi connectivity index (χ4n) is 4.13. The molecule has 1 aliphatic heterocycles. The summed E-state index contributed by atoms with van der Waals surface area (Å²) in [5.74, 6) is 1.15. The van der Waals surface area contributed by atoms with Crippen LogP contribution < -0.4 is 15.4 Å². The smallest absolute Gasteiger partial charge is 0.258 e. The molecule has 6 nitrogen and oxygen atoms in total. The van der Waals surface area contributed by atoms with E-state index in [4.69, 9.17) is 4.74 Å². The van der Waals surface area contributed by atoms with Crippen molar-refractivity contribution in [1.82, 2.24) is 10.3 Å². The van der Waals surface area contributed by atoms with Crippen LogP contribution in [0.25, 0.3) is 5.70 Å². The second-order valence-corrected chi connectivity index (χ2v) is 10.2. The molecule has 1 amide bonds. The van der Waals surface area contributed by atoms with Crippen molar-refractivity contribution in [3.05, 3.63) is 89.1 Å². The summed E-state index contributed by atoms with van der Waals surface area (Å²) in [6.07, 6.45) is 4.14. The molecule has 0 spiro atoms. The van der Waals surface area contributed by atoms with Crippen molar-refractivity contribution in [3.8, 4) is 5.75 Å². The van der Waals surface area contributed by atoms with Gasteiger partial charge in [-0.2, -0.15) is 0 Å². The van der Waals surface area contributed by atoms with Gasteiger partial charge in [-0.25, -0.2) is 4.98 Å². The topological polar surface area (TPSA) is 80.3 Å². The van der Waals surface area contributed by atoms with Gasteiger partial charge in [-0.05, 0) is 68.0 Å². The Bertz CT molecular complexity index is 1300. The average molecular weight is 488 g/mol. The number of ether oxygens (including phenoxy) is 1. The lowest BCUT2D eigenvalue weighted by molar-refractivity contribution is 0.101. The molecule has 0 radical (unpaired) electrons. The van der Waals surface area contributed by atoms with Crippen LogP contribution in [-0.2, 0) is 6.42 Å². The van der Waals surface area contributed by atoms with Gasteiger partial charge in [-0.15, -0.1) is 11.8 Å². The number of nitrogens with one attached hydrogen (secondary N) is 2. The third-order valence-corrected chi connectivity index (χ3v) is 6.58. The summed E-state index contributed by atoms with van der Waals surface area (Å²) in [5.41, 5.74) is 4.23. The summed E-state index contributed by atoms with van der Waals surface area (Å²) in [6, 6.07) is 16.4. The molecule has 7 heteroatoms. The number of rotatable bonds is 7. The number of anilines is 1. The number of ketones is 1. The number of benzene rings is 2. The quantitative estimate of drug-likeness (QED) is 0.256. The number of carbonyl (C=O) groups excluding carboxylic acids is 2. The number of allylic oxidation sites excluding steroid dienone is 1.